The van der Waals surface area contributed by atoms with E-state index in [0.29, 0.717) is 33.8 Å². The van der Waals surface area contributed by atoms with Crippen molar-refractivity contribution in [3.8, 4) is 23.5 Å². The summed E-state index contributed by atoms with van der Waals surface area (Å²) < 4.78 is 17.5. The maximum absolute atomic E-state index is 11.9. The first-order chi connectivity index (χ1) is 21.8. The molecule has 0 amide bonds. The molecular weight excluding hydrogens is 592 g/mol. The number of aromatic nitrogens is 3. The van der Waals surface area contributed by atoms with Gasteiger partial charge in [-0.3, -0.25) is 10.3 Å². The molecule has 0 saturated carbocycles. The number of nitrogens with one attached hydrogen (secondary N) is 2. The van der Waals surface area contributed by atoms with E-state index in [9.17, 15) is 10.1 Å². The number of carbonyl (C=O) groups is 1. The molecule has 1 spiro atoms. The molecule has 3 aromatic rings. The second kappa shape index (κ2) is 12.6. The molecule has 0 unspecified atom stereocenters. The maximum atomic E-state index is 11.9. The lowest BCUT2D eigenvalue weighted by Gasteiger charge is -2.39. The van der Waals surface area contributed by atoms with Gasteiger partial charge < -0.3 is 25.0 Å². The number of esters is 1. The molecule has 236 valence electrons. The minimum Gasteiger partial charge on any atom is -0.473 e. The molecule has 45 heavy (non-hydrogen) atoms. The van der Waals surface area contributed by atoms with E-state index in [2.05, 4.69) is 28.5 Å². The Bertz CT molecular complexity index is 1690. The van der Waals surface area contributed by atoms with Gasteiger partial charge in [0.05, 0.1) is 17.6 Å². The van der Waals surface area contributed by atoms with Crippen LogP contribution in [-0.4, -0.2) is 64.1 Å². The van der Waals surface area contributed by atoms with Gasteiger partial charge in [-0.2, -0.15) is 10.2 Å². The number of fused-ring (bicyclic) bond motifs is 4. The minimum atomic E-state index is -0.710. The minimum absolute atomic E-state index is 0.121. The van der Waals surface area contributed by atoms with Gasteiger partial charge in [0.15, 0.2) is 17.3 Å². The van der Waals surface area contributed by atoms with Crippen molar-refractivity contribution < 1.29 is 18.8 Å². The van der Waals surface area contributed by atoms with Crippen LogP contribution >= 0.6 is 11.3 Å². The number of nitriles is 1. The molecule has 0 aromatic carbocycles. The predicted molar refractivity (Wildman–Crippen MR) is 170 cm³/mol. The Balaban J connectivity index is 1.38. The van der Waals surface area contributed by atoms with E-state index in [4.69, 9.17) is 35.1 Å². The lowest BCUT2D eigenvalue weighted by molar-refractivity contribution is -0.135. The summed E-state index contributed by atoms with van der Waals surface area (Å²) in [6.45, 7) is 4.95. The van der Waals surface area contributed by atoms with Gasteiger partial charge in [0.2, 0.25) is 5.88 Å². The number of nitrogen functional groups attached to an aromatic ring is 1. The fourth-order valence-corrected chi connectivity index (χ4v) is 8.33. The van der Waals surface area contributed by atoms with E-state index < -0.39 is 11.4 Å². The molecule has 12 nitrogen and oxygen atoms in total. The second-order valence-corrected chi connectivity index (χ2v) is 13.1. The Morgan fingerprint density at radius 1 is 1.36 bits per heavy atom. The van der Waals surface area contributed by atoms with Crippen LogP contribution in [0.1, 0.15) is 79.7 Å². The first-order valence-corrected chi connectivity index (χ1v) is 16.3. The number of nitrogens with zero attached hydrogens (tertiary/aromatic N) is 5. The number of thiophene rings is 1. The molecular formula is C32H38N8O4S. The zero-order valence-electron chi connectivity index (χ0n) is 25.8. The van der Waals surface area contributed by atoms with Gasteiger partial charge in [-0.15, -0.1) is 11.3 Å². The Morgan fingerprint density at radius 2 is 2.16 bits per heavy atom. The average molecular weight is 631 g/mol. The number of likely N-dealkylation sites (tertiary alicyclic amines) is 1. The number of ether oxygens (including phenoxy) is 2. The second-order valence-electron chi connectivity index (χ2n) is 11.9. The van der Waals surface area contributed by atoms with E-state index >= 15 is 0 Å². The van der Waals surface area contributed by atoms with Crippen LogP contribution < -0.4 is 15.8 Å². The molecule has 1 saturated heterocycles. The normalized spacial score (nSPS) is 21.7. The van der Waals surface area contributed by atoms with E-state index in [-0.39, 0.29) is 24.5 Å². The number of carbonyl (C=O) groups excluding carboxylic acids is 1. The Hall–Kier alpha value is -4.28. The molecule has 2 aliphatic carbocycles. The number of likely N-dealkylation sites (N-methyl/N-ethyl adjacent to an activating group) is 1. The third-order valence-corrected chi connectivity index (χ3v) is 10.3. The zero-order valence-corrected chi connectivity index (χ0v) is 26.6. The maximum Gasteiger partial charge on any atom is 0.356 e. The summed E-state index contributed by atoms with van der Waals surface area (Å²) in [7, 11) is 2.10. The molecule has 3 atom stereocenters. The largest absolute Gasteiger partial charge is 0.473 e. The van der Waals surface area contributed by atoms with Crippen molar-refractivity contribution in [1.29, 1.82) is 10.7 Å². The molecule has 4 N–H and O–H groups in total. The standard InChI is InChI=1S/C32H38N8O4S/c1-4-42-31(41)21(34)11-14-36-24-16-25(43-18(2)22-9-7-15-40(22)3)38-30(37-24)27-19-8-5-12-32(28(19)44-39-27)13-6-10-23-26(32)20(17-33)29(35)45-23/h11,14,16,18,22,34H,4-10,12-13,15,35H2,1-3H3,(H,36,37,38)/b14-11-,34-21?/t18-,22-,32-/m0/s1. The lowest BCUT2D eigenvalue weighted by Crippen LogP contribution is -2.38. The Labute approximate surface area is 266 Å². The van der Waals surface area contributed by atoms with Crippen molar-refractivity contribution in [2.75, 3.05) is 31.2 Å². The van der Waals surface area contributed by atoms with Crippen molar-refractivity contribution in [1.82, 2.24) is 20.0 Å². The van der Waals surface area contributed by atoms with Crippen LogP contribution in [0.3, 0.4) is 0 Å². The third kappa shape index (κ3) is 5.68. The molecule has 1 aliphatic heterocycles. The predicted octanol–water partition coefficient (Wildman–Crippen LogP) is 4.98. The lowest BCUT2D eigenvalue weighted by atomic mass is 9.63. The van der Waals surface area contributed by atoms with Crippen molar-refractivity contribution in [2.24, 2.45) is 0 Å². The topological polar surface area (TPSA) is 176 Å². The van der Waals surface area contributed by atoms with Crippen LogP contribution in [0.5, 0.6) is 5.88 Å². The molecule has 13 heteroatoms. The average Bonchev–Trinajstić information content (AvgIpc) is 3.74. The van der Waals surface area contributed by atoms with Crippen LogP contribution in [0.4, 0.5) is 10.8 Å². The molecule has 3 aromatic heterocycles. The number of rotatable bonds is 9. The first kappa shape index (κ1) is 30.7. The van der Waals surface area contributed by atoms with E-state index in [1.807, 2.05) is 6.92 Å². The summed E-state index contributed by atoms with van der Waals surface area (Å²) in [5, 5.41) is 26.1. The molecule has 6 rings (SSSR count). The zero-order chi connectivity index (χ0) is 31.7. The van der Waals surface area contributed by atoms with Gasteiger partial charge in [-0.05, 0) is 90.4 Å². The van der Waals surface area contributed by atoms with Crippen LogP contribution in [0, 0.1) is 16.7 Å². The van der Waals surface area contributed by atoms with Crippen LogP contribution in [-0.2, 0) is 27.8 Å². The van der Waals surface area contributed by atoms with Gasteiger partial charge in [0, 0.05) is 28.7 Å². The third-order valence-electron chi connectivity index (χ3n) is 9.18. The van der Waals surface area contributed by atoms with Crippen LogP contribution in [0.2, 0.25) is 0 Å². The number of hydrogen-bond donors (Lipinski definition) is 3. The SMILES string of the molecule is CCOC(=O)C(=N)/C=C\Nc1cc(O[C@@H](C)[C@@H]2CCCN2C)nc(-c2noc3c2CCC[C@@]32CCCc3sc(N)c(C#N)c32)n1. The Morgan fingerprint density at radius 3 is 2.89 bits per heavy atom. The summed E-state index contributed by atoms with van der Waals surface area (Å²) in [5.41, 5.74) is 8.61. The van der Waals surface area contributed by atoms with Crippen molar-refractivity contribution >= 4 is 33.8 Å². The van der Waals surface area contributed by atoms with E-state index in [1.54, 1.807) is 13.0 Å². The highest BCUT2D eigenvalue weighted by Gasteiger charge is 2.48. The monoisotopic (exact) mass is 630 g/mol. The van der Waals surface area contributed by atoms with E-state index in [0.717, 1.165) is 79.7 Å². The fourth-order valence-electron chi connectivity index (χ4n) is 7.17. The van der Waals surface area contributed by atoms with Crippen molar-refractivity contribution in [3.05, 3.63) is 45.7 Å². The van der Waals surface area contributed by atoms with Crippen LogP contribution in [0.25, 0.3) is 11.5 Å². The van der Waals surface area contributed by atoms with Gasteiger partial charge in [0.1, 0.15) is 28.7 Å². The van der Waals surface area contributed by atoms with Gasteiger partial charge in [-0.25, -0.2) is 9.78 Å². The van der Waals surface area contributed by atoms with Crippen molar-refractivity contribution in [3.63, 3.8) is 0 Å². The fraction of sp³-hybridized carbons (Fsp3) is 0.500. The molecule has 3 aliphatic rings. The highest BCUT2D eigenvalue weighted by Crippen LogP contribution is 2.55. The molecule has 0 bridgehead atoms. The summed E-state index contributed by atoms with van der Waals surface area (Å²) in [6.07, 6.45) is 10.0. The summed E-state index contributed by atoms with van der Waals surface area (Å²) in [4.78, 5) is 24.9. The molecule has 0 radical (unpaired) electrons. The van der Waals surface area contributed by atoms with Gasteiger partial charge in [0.25, 0.3) is 0 Å². The highest BCUT2D eigenvalue weighted by molar-refractivity contribution is 7.16. The summed E-state index contributed by atoms with van der Waals surface area (Å²) >= 11 is 1.51. The molecule has 1 fully saturated rings. The first-order valence-electron chi connectivity index (χ1n) is 15.5. The van der Waals surface area contributed by atoms with Gasteiger partial charge >= 0.3 is 5.97 Å². The summed E-state index contributed by atoms with van der Waals surface area (Å²) in [6, 6.07) is 4.32. The number of aryl methyl sites for hydroxylation is 1. The van der Waals surface area contributed by atoms with Crippen LogP contribution in [0.15, 0.2) is 22.9 Å². The summed E-state index contributed by atoms with van der Waals surface area (Å²) in [5.74, 6) is 1.20. The molecule has 4 heterocycles. The highest BCUT2D eigenvalue weighted by atomic mass is 32.1. The van der Waals surface area contributed by atoms with Gasteiger partial charge in [-0.1, -0.05) is 5.16 Å². The van der Waals surface area contributed by atoms with E-state index in [1.165, 1.54) is 23.6 Å². The van der Waals surface area contributed by atoms with Crippen molar-refractivity contribution in [2.45, 2.75) is 82.8 Å². The number of anilines is 2. The number of nitrogens with two attached hydrogens (primary N) is 1. The Kier molecular flexibility index (Phi) is 8.61. The quantitative estimate of drug-likeness (QED) is 0.215. The smallest absolute Gasteiger partial charge is 0.356 e. The number of hydrogen-bond acceptors (Lipinski definition) is 13.